The molecule has 0 saturated carbocycles. The molecule has 11 nitrogen and oxygen atoms in total. The van der Waals surface area contributed by atoms with Crippen LogP contribution >= 0.6 is 0 Å². The third-order valence-corrected chi connectivity index (χ3v) is 4.34. The maximum Gasteiger partial charge on any atom is 0.343 e. The normalized spacial score (nSPS) is 16.5. The summed E-state index contributed by atoms with van der Waals surface area (Å²) in [5, 5.41) is 18.2. The Labute approximate surface area is 152 Å². The Morgan fingerprint density at radius 3 is 2.63 bits per heavy atom. The summed E-state index contributed by atoms with van der Waals surface area (Å²) < 4.78 is 1.29. The second-order valence-electron chi connectivity index (χ2n) is 6.12. The van der Waals surface area contributed by atoms with Crippen molar-refractivity contribution in [3.63, 3.8) is 0 Å². The number of carbonyl (C=O) groups excluding carboxylic acids is 2. The molecular weight excluding hydrogens is 356 g/mol. The van der Waals surface area contributed by atoms with E-state index in [0.717, 1.165) is 0 Å². The first-order valence-electron chi connectivity index (χ1n) is 8.16. The molecule has 142 valence electrons. The minimum atomic E-state index is -1.07. The van der Waals surface area contributed by atoms with Gasteiger partial charge in [-0.3, -0.25) is 23.9 Å². The monoisotopic (exact) mass is 374 g/mol. The van der Waals surface area contributed by atoms with Crippen molar-refractivity contribution in [2.75, 3.05) is 11.9 Å². The molecule has 0 fully saturated rings. The number of nitrogens with zero attached hydrogens (tertiary/aromatic N) is 3. The molecule has 2 aromatic rings. The number of rotatable bonds is 6. The predicted octanol–water partition coefficient (Wildman–Crippen LogP) is -1.03. The maximum atomic E-state index is 12.1. The molecule has 11 heteroatoms. The van der Waals surface area contributed by atoms with E-state index in [-0.39, 0.29) is 32.0 Å². The van der Waals surface area contributed by atoms with Gasteiger partial charge in [0, 0.05) is 24.2 Å². The van der Waals surface area contributed by atoms with Crippen molar-refractivity contribution in [1.82, 2.24) is 19.7 Å². The fourth-order valence-corrected chi connectivity index (χ4v) is 2.90. The number of fused-ring (bicyclic) bond motifs is 1. The van der Waals surface area contributed by atoms with Crippen LogP contribution in [0.4, 0.5) is 5.69 Å². The fraction of sp³-hybridized carbons (Fsp3) is 0.312. The number of amides is 2. The molecule has 3 rings (SSSR count). The number of aliphatic carboxylic acids is 1. The average Bonchev–Trinajstić information content (AvgIpc) is 2.99. The molecule has 0 aliphatic carbocycles. The molecule has 1 aromatic carbocycles. The zero-order valence-corrected chi connectivity index (χ0v) is 14.2. The number of nitrogens with two attached hydrogens (primary N) is 1. The van der Waals surface area contributed by atoms with E-state index < -0.39 is 23.6 Å². The quantitative estimate of drug-likeness (QED) is 0.502. The average molecular weight is 374 g/mol. The molecule has 0 saturated heterocycles. The van der Waals surface area contributed by atoms with Crippen molar-refractivity contribution < 1.29 is 19.5 Å². The molecule has 1 aliphatic heterocycles. The highest BCUT2D eigenvalue weighted by molar-refractivity contribution is 5.94. The van der Waals surface area contributed by atoms with Gasteiger partial charge in [0.05, 0.1) is 13.1 Å². The number of carboxylic acid groups (broad SMARTS) is 1. The molecule has 1 atom stereocenters. The Hall–Kier alpha value is -3.47. The molecule has 2 amide bonds. The van der Waals surface area contributed by atoms with Crippen LogP contribution in [0.1, 0.15) is 22.6 Å². The van der Waals surface area contributed by atoms with E-state index in [1.807, 2.05) is 0 Å². The van der Waals surface area contributed by atoms with E-state index in [4.69, 9.17) is 5.73 Å². The van der Waals surface area contributed by atoms with Crippen LogP contribution in [0.25, 0.3) is 0 Å². The lowest BCUT2D eigenvalue weighted by atomic mass is 10.1. The van der Waals surface area contributed by atoms with Crippen LogP contribution in [0.2, 0.25) is 0 Å². The minimum Gasteiger partial charge on any atom is -0.480 e. The number of benzene rings is 1. The minimum absolute atomic E-state index is 0.0315. The summed E-state index contributed by atoms with van der Waals surface area (Å²) >= 11 is 0. The number of aromatic amines is 1. The third-order valence-electron chi connectivity index (χ3n) is 4.34. The summed E-state index contributed by atoms with van der Waals surface area (Å²) in [4.78, 5) is 47.9. The predicted molar refractivity (Wildman–Crippen MR) is 92.9 cm³/mol. The summed E-state index contributed by atoms with van der Waals surface area (Å²) in [6.45, 7) is 0.301. The summed E-state index contributed by atoms with van der Waals surface area (Å²) in [7, 11) is 0. The van der Waals surface area contributed by atoms with Gasteiger partial charge < -0.3 is 16.2 Å². The first kappa shape index (κ1) is 18.3. The molecule has 0 spiro atoms. The number of hydrogen-bond donors (Lipinski definition) is 4. The molecule has 1 aromatic heterocycles. The van der Waals surface area contributed by atoms with Gasteiger partial charge in [-0.05, 0) is 24.3 Å². The summed E-state index contributed by atoms with van der Waals surface area (Å²) in [5.41, 5.74) is 5.54. The largest absolute Gasteiger partial charge is 0.480 e. The summed E-state index contributed by atoms with van der Waals surface area (Å²) in [6, 6.07) is 5.19. The maximum absolute atomic E-state index is 12.1. The number of primary amides is 1. The van der Waals surface area contributed by atoms with E-state index in [9.17, 15) is 24.3 Å². The van der Waals surface area contributed by atoms with E-state index in [2.05, 4.69) is 15.5 Å². The van der Waals surface area contributed by atoms with Gasteiger partial charge in [-0.15, -0.1) is 0 Å². The van der Waals surface area contributed by atoms with Crippen molar-refractivity contribution in [3.8, 4) is 0 Å². The van der Waals surface area contributed by atoms with Crippen LogP contribution in [-0.4, -0.2) is 55.1 Å². The molecule has 0 bridgehead atoms. The van der Waals surface area contributed by atoms with E-state index >= 15 is 0 Å². The number of aromatic nitrogens is 3. The third kappa shape index (κ3) is 4.03. The Balaban J connectivity index is 1.61. The van der Waals surface area contributed by atoms with Crippen molar-refractivity contribution in [2.24, 2.45) is 5.73 Å². The topological polar surface area (TPSA) is 163 Å². The zero-order chi connectivity index (χ0) is 19.6. The second-order valence-corrected chi connectivity index (χ2v) is 6.12. The van der Waals surface area contributed by atoms with Crippen molar-refractivity contribution in [1.29, 1.82) is 0 Å². The van der Waals surface area contributed by atoms with Gasteiger partial charge >= 0.3 is 11.7 Å². The number of hydrogen-bond acceptors (Lipinski definition) is 6. The Bertz CT molecular complexity index is 932. The van der Waals surface area contributed by atoms with E-state index in [1.165, 1.54) is 16.7 Å². The first-order chi connectivity index (χ1) is 12.8. The van der Waals surface area contributed by atoms with E-state index in [0.29, 0.717) is 17.1 Å². The van der Waals surface area contributed by atoms with Crippen LogP contribution in [0.15, 0.2) is 29.1 Å². The lowest BCUT2D eigenvalue weighted by Gasteiger charge is -2.32. The zero-order valence-electron chi connectivity index (χ0n) is 14.2. The van der Waals surface area contributed by atoms with Crippen LogP contribution in [0, 0.1) is 0 Å². The Morgan fingerprint density at radius 1 is 1.30 bits per heavy atom. The van der Waals surface area contributed by atoms with E-state index in [1.54, 1.807) is 17.0 Å². The van der Waals surface area contributed by atoms with Crippen molar-refractivity contribution in [3.05, 3.63) is 46.1 Å². The smallest absolute Gasteiger partial charge is 0.343 e. The van der Waals surface area contributed by atoms with Gasteiger partial charge in [0.2, 0.25) is 11.8 Å². The van der Waals surface area contributed by atoms with Gasteiger partial charge in [0.1, 0.15) is 11.9 Å². The molecule has 5 N–H and O–H groups in total. The Kier molecular flexibility index (Phi) is 5.03. The number of carbonyl (C=O) groups is 3. The van der Waals surface area contributed by atoms with Gasteiger partial charge in [-0.1, -0.05) is 0 Å². The van der Waals surface area contributed by atoms with Gasteiger partial charge in [0.25, 0.3) is 0 Å². The summed E-state index contributed by atoms with van der Waals surface area (Å²) in [6.07, 6.45) is 0.0516. The lowest BCUT2D eigenvalue weighted by molar-refractivity contribution is -0.145. The molecule has 2 heterocycles. The number of H-pyrrole nitrogens is 1. The molecule has 27 heavy (non-hydrogen) atoms. The van der Waals surface area contributed by atoms with Gasteiger partial charge in [-0.25, -0.2) is 9.89 Å². The fourth-order valence-electron chi connectivity index (χ4n) is 2.90. The SMILES string of the molecule is NC(=O)c1ccc(NC(=O)CCN2Cc3n[nH]c(=O)n3CC2C(=O)O)cc1. The van der Waals surface area contributed by atoms with Crippen molar-refractivity contribution >= 4 is 23.5 Å². The number of nitrogens with one attached hydrogen (secondary N) is 2. The highest BCUT2D eigenvalue weighted by Crippen LogP contribution is 2.15. The standard InChI is InChI=1S/C16H18N6O5/c17-14(24)9-1-3-10(4-2-9)18-13(23)5-6-21-8-12-19-20-16(27)22(12)7-11(21)15(25)26/h1-4,11H,5-8H2,(H2,17,24)(H,18,23)(H,20,27)(H,25,26). The second kappa shape index (κ2) is 7.41. The van der Waals surface area contributed by atoms with Crippen molar-refractivity contribution in [2.45, 2.75) is 25.6 Å². The molecule has 1 unspecified atom stereocenters. The van der Waals surface area contributed by atoms with Crippen LogP contribution in [0.5, 0.6) is 0 Å². The van der Waals surface area contributed by atoms with Gasteiger partial charge in [-0.2, -0.15) is 5.10 Å². The van der Waals surface area contributed by atoms with Gasteiger partial charge in [0.15, 0.2) is 0 Å². The Morgan fingerprint density at radius 2 is 2.00 bits per heavy atom. The molecular formula is C16H18N6O5. The molecule has 0 radical (unpaired) electrons. The summed E-state index contributed by atoms with van der Waals surface area (Å²) in [5.74, 6) is -1.51. The van der Waals surface area contributed by atoms with Crippen LogP contribution in [0.3, 0.4) is 0 Å². The molecule has 1 aliphatic rings. The van der Waals surface area contributed by atoms with Crippen LogP contribution in [-0.2, 0) is 22.7 Å². The van der Waals surface area contributed by atoms with Crippen LogP contribution < -0.4 is 16.7 Å². The highest BCUT2D eigenvalue weighted by atomic mass is 16.4. The first-order valence-corrected chi connectivity index (χ1v) is 8.16. The highest BCUT2D eigenvalue weighted by Gasteiger charge is 2.33. The number of anilines is 1. The lowest BCUT2D eigenvalue weighted by Crippen LogP contribution is -2.50. The number of carboxylic acids is 1.